The fourth-order valence-electron chi connectivity index (χ4n) is 1.85. The van der Waals surface area contributed by atoms with Crippen molar-refractivity contribution < 1.29 is 0 Å². The molecule has 0 saturated heterocycles. The Morgan fingerprint density at radius 1 is 1.54 bits per heavy atom. The molecule has 13 heavy (non-hydrogen) atoms. The zero-order valence-electron chi connectivity index (χ0n) is 8.03. The van der Waals surface area contributed by atoms with Crippen molar-refractivity contribution in [3.8, 4) is 0 Å². The molecule has 72 valence electrons. The molecular weight excluding hydrogens is 164 g/mol. The molecule has 2 rings (SSSR count). The van der Waals surface area contributed by atoms with Crippen molar-refractivity contribution in [3.63, 3.8) is 0 Å². The summed E-state index contributed by atoms with van der Waals surface area (Å²) in [4.78, 5) is 1.60. The summed E-state index contributed by atoms with van der Waals surface area (Å²) in [5, 5.41) is 11.7. The lowest BCUT2D eigenvalue weighted by Gasteiger charge is -2.09. The van der Waals surface area contributed by atoms with Crippen LogP contribution in [0, 0.1) is 0 Å². The number of aryl methyl sites for hydroxylation is 1. The van der Waals surface area contributed by atoms with Crippen LogP contribution in [0.15, 0.2) is 6.20 Å². The highest BCUT2D eigenvalue weighted by atomic mass is 15.4. The summed E-state index contributed by atoms with van der Waals surface area (Å²) in [6.07, 6.45) is 7.21. The Labute approximate surface area is 78.3 Å². The first-order valence-electron chi connectivity index (χ1n) is 4.93. The predicted molar refractivity (Wildman–Crippen MR) is 50.1 cm³/mol. The standard InChI is InChI=1S/C9H16N4/c1-13-11-7-9(12-13)6-10-8-4-2-3-5-8/h7-8,10H,2-6H2,1H3. The van der Waals surface area contributed by atoms with Crippen LogP contribution in [0.2, 0.25) is 0 Å². The van der Waals surface area contributed by atoms with Gasteiger partial charge in [0, 0.05) is 19.6 Å². The molecule has 0 radical (unpaired) electrons. The number of nitrogens with zero attached hydrogens (tertiary/aromatic N) is 3. The summed E-state index contributed by atoms with van der Waals surface area (Å²) in [6, 6.07) is 0.710. The van der Waals surface area contributed by atoms with Crippen molar-refractivity contribution in [3.05, 3.63) is 11.9 Å². The monoisotopic (exact) mass is 180 g/mol. The van der Waals surface area contributed by atoms with Crippen LogP contribution in [0.5, 0.6) is 0 Å². The van der Waals surface area contributed by atoms with E-state index in [1.54, 1.807) is 4.80 Å². The van der Waals surface area contributed by atoms with Crippen LogP contribution in [-0.4, -0.2) is 21.0 Å². The number of rotatable bonds is 3. The lowest BCUT2D eigenvalue weighted by molar-refractivity contribution is 0.515. The van der Waals surface area contributed by atoms with Crippen molar-refractivity contribution in [1.82, 2.24) is 20.3 Å². The van der Waals surface area contributed by atoms with E-state index in [-0.39, 0.29) is 0 Å². The SMILES string of the molecule is Cn1ncc(CNC2CCCC2)n1. The van der Waals surface area contributed by atoms with Crippen molar-refractivity contribution in [2.75, 3.05) is 0 Å². The predicted octanol–water partition coefficient (Wildman–Crippen LogP) is 0.847. The first kappa shape index (κ1) is 8.69. The second-order valence-corrected chi connectivity index (χ2v) is 3.69. The van der Waals surface area contributed by atoms with Gasteiger partial charge in [-0.05, 0) is 12.8 Å². The molecule has 1 aliphatic rings. The average Bonchev–Trinajstić information content (AvgIpc) is 2.71. The van der Waals surface area contributed by atoms with Crippen LogP contribution in [0.25, 0.3) is 0 Å². The maximum Gasteiger partial charge on any atom is 0.0964 e. The molecule has 1 aliphatic carbocycles. The highest BCUT2D eigenvalue weighted by molar-refractivity contribution is 4.91. The molecule has 0 aliphatic heterocycles. The molecule has 1 N–H and O–H groups in total. The first-order valence-corrected chi connectivity index (χ1v) is 4.93. The summed E-state index contributed by atoms with van der Waals surface area (Å²) in [5.74, 6) is 0. The smallest absolute Gasteiger partial charge is 0.0964 e. The Hall–Kier alpha value is -0.900. The minimum atomic E-state index is 0.710. The summed E-state index contributed by atoms with van der Waals surface area (Å²) in [6.45, 7) is 0.860. The van der Waals surface area contributed by atoms with E-state index in [1.807, 2.05) is 13.2 Å². The third-order valence-electron chi connectivity index (χ3n) is 2.57. The maximum absolute atomic E-state index is 4.21. The second kappa shape index (κ2) is 3.87. The van der Waals surface area contributed by atoms with Gasteiger partial charge in [0.15, 0.2) is 0 Å². The molecular formula is C9H16N4. The van der Waals surface area contributed by atoms with Crippen molar-refractivity contribution in [1.29, 1.82) is 0 Å². The Morgan fingerprint density at radius 2 is 2.31 bits per heavy atom. The second-order valence-electron chi connectivity index (χ2n) is 3.69. The van der Waals surface area contributed by atoms with Gasteiger partial charge in [0.25, 0.3) is 0 Å². The molecule has 1 saturated carbocycles. The quantitative estimate of drug-likeness (QED) is 0.749. The third-order valence-corrected chi connectivity index (χ3v) is 2.57. The molecule has 0 bridgehead atoms. The molecule has 1 aromatic heterocycles. The van der Waals surface area contributed by atoms with E-state index in [1.165, 1.54) is 25.7 Å². The van der Waals surface area contributed by atoms with E-state index in [4.69, 9.17) is 0 Å². The van der Waals surface area contributed by atoms with E-state index >= 15 is 0 Å². The van der Waals surface area contributed by atoms with Gasteiger partial charge in [0.05, 0.1) is 11.9 Å². The van der Waals surface area contributed by atoms with E-state index < -0.39 is 0 Å². The average molecular weight is 180 g/mol. The first-order chi connectivity index (χ1) is 6.34. The van der Waals surface area contributed by atoms with Gasteiger partial charge in [-0.1, -0.05) is 12.8 Å². The van der Waals surface area contributed by atoms with Crippen LogP contribution >= 0.6 is 0 Å². The Kier molecular flexibility index (Phi) is 2.59. The van der Waals surface area contributed by atoms with Crippen molar-refractivity contribution >= 4 is 0 Å². The zero-order valence-corrected chi connectivity index (χ0v) is 8.03. The van der Waals surface area contributed by atoms with Gasteiger partial charge in [-0.2, -0.15) is 15.0 Å². The van der Waals surface area contributed by atoms with Crippen LogP contribution in [0.3, 0.4) is 0 Å². The van der Waals surface area contributed by atoms with Crippen LogP contribution in [-0.2, 0) is 13.6 Å². The van der Waals surface area contributed by atoms with Crippen molar-refractivity contribution in [2.45, 2.75) is 38.3 Å². The van der Waals surface area contributed by atoms with E-state index in [9.17, 15) is 0 Å². The van der Waals surface area contributed by atoms with E-state index in [0.29, 0.717) is 6.04 Å². The van der Waals surface area contributed by atoms with Crippen LogP contribution in [0.1, 0.15) is 31.4 Å². The minimum absolute atomic E-state index is 0.710. The Morgan fingerprint density at radius 3 is 2.92 bits per heavy atom. The Bertz CT molecular complexity index is 262. The fourth-order valence-corrected chi connectivity index (χ4v) is 1.85. The van der Waals surface area contributed by atoms with Gasteiger partial charge < -0.3 is 5.32 Å². The summed E-state index contributed by atoms with van der Waals surface area (Å²) in [5.41, 5.74) is 1.04. The Balaban J connectivity index is 1.78. The molecule has 0 aromatic carbocycles. The summed E-state index contributed by atoms with van der Waals surface area (Å²) >= 11 is 0. The summed E-state index contributed by atoms with van der Waals surface area (Å²) < 4.78 is 0. The molecule has 0 spiro atoms. The number of aromatic nitrogens is 3. The number of hydrogen-bond donors (Lipinski definition) is 1. The van der Waals surface area contributed by atoms with Gasteiger partial charge in [0.2, 0.25) is 0 Å². The van der Waals surface area contributed by atoms with Gasteiger partial charge >= 0.3 is 0 Å². The topological polar surface area (TPSA) is 42.7 Å². The molecule has 1 heterocycles. The van der Waals surface area contributed by atoms with E-state index in [0.717, 1.165) is 12.2 Å². The largest absolute Gasteiger partial charge is 0.308 e. The number of hydrogen-bond acceptors (Lipinski definition) is 3. The molecule has 1 fully saturated rings. The van der Waals surface area contributed by atoms with Gasteiger partial charge in [-0.25, -0.2) is 0 Å². The lowest BCUT2D eigenvalue weighted by atomic mass is 10.2. The lowest BCUT2D eigenvalue weighted by Crippen LogP contribution is -2.25. The maximum atomic E-state index is 4.21. The van der Waals surface area contributed by atoms with Gasteiger partial charge in [0.1, 0.15) is 0 Å². The normalized spacial score (nSPS) is 18.2. The van der Waals surface area contributed by atoms with Crippen LogP contribution < -0.4 is 5.32 Å². The molecule has 0 unspecified atom stereocenters. The zero-order chi connectivity index (χ0) is 9.10. The number of nitrogens with one attached hydrogen (secondary N) is 1. The van der Waals surface area contributed by atoms with Gasteiger partial charge in [-0.15, -0.1) is 0 Å². The molecule has 0 amide bonds. The highest BCUT2D eigenvalue weighted by Gasteiger charge is 2.14. The molecule has 0 atom stereocenters. The minimum Gasteiger partial charge on any atom is -0.308 e. The fraction of sp³-hybridized carbons (Fsp3) is 0.778. The van der Waals surface area contributed by atoms with Crippen LogP contribution in [0.4, 0.5) is 0 Å². The molecule has 1 aromatic rings. The highest BCUT2D eigenvalue weighted by Crippen LogP contribution is 2.17. The third kappa shape index (κ3) is 2.28. The molecule has 4 heteroatoms. The van der Waals surface area contributed by atoms with E-state index in [2.05, 4.69) is 15.5 Å². The van der Waals surface area contributed by atoms with Gasteiger partial charge in [-0.3, -0.25) is 0 Å². The summed E-state index contributed by atoms with van der Waals surface area (Å²) in [7, 11) is 1.85. The van der Waals surface area contributed by atoms with Crippen molar-refractivity contribution in [2.24, 2.45) is 7.05 Å². The molecule has 4 nitrogen and oxygen atoms in total.